The first-order valence-corrected chi connectivity index (χ1v) is 7.94. The summed E-state index contributed by atoms with van der Waals surface area (Å²) in [6, 6.07) is 0.319. The summed E-state index contributed by atoms with van der Waals surface area (Å²) in [5, 5.41) is 0.517. The minimum absolute atomic E-state index is 0.319. The Morgan fingerprint density at radius 1 is 1.41 bits per heavy atom. The van der Waals surface area contributed by atoms with Gasteiger partial charge in [0, 0.05) is 11.3 Å². The van der Waals surface area contributed by atoms with Crippen molar-refractivity contribution in [1.82, 2.24) is 9.36 Å². The van der Waals surface area contributed by atoms with Gasteiger partial charge in [-0.05, 0) is 49.6 Å². The van der Waals surface area contributed by atoms with Crippen molar-refractivity contribution in [2.75, 3.05) is 0 Å². The van der Waals surface area contributed by atoms with Crippen molar-refractivity contribution in [2.24, 2.45) is 17.6 Å². The predicted molar refractivity (Wildman–Crippen MR) is 74.4 cm³/mol. The second-order valence-corrected chi connectivity index (χ2v) is 7.48. The molecule has 3 atom stereocenters. The minimum Gasteiger partial charge on any atom is -0.327 e. The Bertz CT molecular complexity index is 364. The third-order valence-electron chi connectivity index (χ3n) is 3.59. The maximum absolute atomic E-state index is 6.23. The highest BCUT2D eigenvalue weighted by atomic mass is 32.2. The largest absolute Gasteiger partial charge is 0.327 e. The normalized spacial score (nSPS) is 29.8. The average Bonchev–Trinajstić information content (AvgIpc) is 2.67. The van der Waals surface area contributed by atoms with E-state index in [1.54, 1.807) is 0 Å². The minimum atomic E-state index is 0.319. The van der Waals surface area contributed by atoms with Crippen LogP contribution in [0.25, 0.3) is 0 Å². The molecule has 3 nitrogen and oxygen atoms in total. The van der Waals surface area contributed by atoms with Crippen LogP contribution in [0.1, 0.15) is 38.9 Å². The predicted octanol–water partition coefficient (Wildman–Crippen LogP) is 3.09. The van der Waals surface area contributed by atoms with Crippen LogP contribution in [-0.4, -0.2) is 20.6 Å². The molecule has 0 radical (unpaired) electrons. The van der Waals surface area contributed by atoms with E-state index < -0.39 is 0 Å². The molecule has 5 heteroatoms. The van der Waals surface area contributed by atoms with Crippen molar-refractivity contribution in [3.05, 3.63) is 5.82 Å². The summed E-state index contributed by atoms with van der Waals surface area (Å²) in [4.78, 5) is 4.42. The van der Waals surface area contributed by atoms with Crippen molar-refractivity contribution in [3.63, 3.8) is 0 Å². The van der Waals surface area contributed by atoms with E-state index in [0.717, 1.165) is 28.4 Å². The standard InChI is InChI=1S/C12H21N3S2/c1-7(2)9-4-5-10(13)11(6-9)16-12-14-8(3)15-17-12/h7,9-11H,4-6,13H2,1-3H3. The number of thioether (sulfide) groups is 1. The first kappa shape index (κ1) is 13.3. The van der Waals surface area contributed by atoms with Gasteiger partial charge in [0.25, 0.3) is 0 Å². The molecule has 0 bridgehead atoms. The number of aryl methyl sites for hydroxylation is 1. The average molecular weight is 271 g/mol. The third kappa shape index (κ3) is 3.42. The Kier molecular flexibility index (Phi) is 4.44. The summed E-state index contributed by atoms with van der Waals surface area (Å²) in [6.45, 7) is 6.58. The fourth-order valence-corrected chi connectivity index (χ4v) is 4.56. The van der Waals surface area contributed by atoms with E-state index in [4.69, 9.17) is 5.73 Å². The van der Waals surface area contributed by atoms with Crippen LogP contribution >= 0.6 is 23.3 Å². The van der Waals surface area contributed by atoms with Gasteiger partial charge in [-0.1, -0.05) is 25.6 Å². The lowest BCUT2D eigenvalue weighted by Gasteiger charge is -2.35. The first-order valence-electron chi connectivity index (χ1n) is 6.29. The molecule has 1 fully saturated rings. The SMILES string of the molecule is Cc1nsc(SC2CC(C(C)C)CCC2N)n1. The fraction of sp³-hybridized carbons (Fsp3) is 0.833. The van der Waals surface area contributed by atoms with Gasteiger partial charge < -0.3 is 5.73 Å². The molecule has 0 saturated heterocycles. The second-order valence-electron chi connectivity index (χ2n) is 5.24. The van der Waals surface area contributed by atoms with Crippen molar-refractivity contribution in [2.45, 2.75) is 55.7 Å². The van der Waals surface area contributed by atoms with Gasteiger partial charge in [0.1, 0.15) is 5.82 Å². The molecule has 1 aromatic rings. The number of nitrogens with two attached hydrogens (primary N) is 1. The highest BCUT2D eigenvalue weighted by Gasteiger charge is 2.31. The summed E-state index contributed by atoms with van der Waals surface area (Å²) in [5.74, 6) is 2.46. The van der Waals surface area contributed by atoms with Gasteiger partial charge in [0.15, 0.2) is 4.34 Å². The van der Waals surface area contributed by atoms with Crippen LogP contribution in [0.5, 0.6) is 0 Å². The van der Waals surface area contributed by atoms with Crippen molar-refractivity contribution in [3.8, 4) is 0 Å². The van der Waals surface area contributed by atoms with Crippen molar-refractivity contribution < 1.29 is 0 Å². The Balaban J connectivity index is 1.98. The highest BCUT2D eigenvalue weighted by Crippen LogP contribution is 2.38. The summed E-state index contributed by atoms with van der Waals surface area (Å²) in [5.41, 5.74) is 6.23. The molecule has 0 amide bonds. The van der Waals surface area contributed by atoms with Gasteiger partial charge in [-0.2, -0.15) is 4.37 Å². The van der Waals surface area contributed by atoms with Crippen LogP contribution in [0.2, 0.25) is 0 Å². The van der Waals surface area contributed by atoms with Crippen LogP contribution in [0.4, 0.5) is 0 Å². The van der Waals surface area contributed by atoms with E-state index in [2.05, 4.69) is 23.2 Å². The van der Waals surface area contributed by atoms with E-state index in [1.165, 1.54) is 24.4 Å². The zero-order valence-electron chi connectivity index (χ0n) is 10.7. The number of hydrogen-bond acceptors (Lipinski definition) is 5. The molecule has 1 aliphatic carbocycles. The van der Waals surface area contributed by atoms with Crippen molar-refractivity contribution >= 4 is 23.3 Å². The van der Waals surface area contributed by atoms with Crippen LogP contribution in [0.15, 0.2) is 4.34 Å². The van der Waals surface area contributed by atoms with Crippen molar-refractivity contribution in [1.29, 1.82) is 0 Å². The van der Waals surface area contributed by atoms with Crippen LogP contribution in [-0.2, 0) is 0 Å². The Morgan fingerprint density at radius 2 is 2.18 bits per heavy atom. The fourth-order valence-electron chi connectivity index (χ4n) is 2.38. The number of aromatic nitrogens is 2. The summed E-state index contributed by atoms with van der Waals surface area (Å²) in [6.07, 6.45) is 3.66. The molecule has 1 aliphatic rings. The third-order valence-corrected chi connectivity index (χ3v) is 5.84. The molecule has 2 rings (SSSR count). The van der Waals surface area contributed by atoms with Gasteiger partial charge >= 0.3 is 0 Å². The molecule has 96 valence electrons. The Labute approximate surface area is 112 Å². The number of rotatable bonds is 3. The molecule has 3 unspecified atom stereocenters. The van der Waals surface area contributed by atoms with Gasteiger partial charge in [-0.3, -0.25) is 0 Å². The number of nitrogens with zero attached hydrogens (tertiary/aromatic N) is 2. The Hall–Kier alpha value is -0.130. The van der Waals surface area contributed by atoms with Gasteiger partial charge in [-0.25, -0.2) is 4.98 Å². The van der Waals surface area contributed by atoms with Crippen LogP contribution < -0.4 is 5.73 Å². The second kappa shape index (κ2) is 5.67. The maximum atomic E-state index is 6.23. The van der Waals surface area contributed by atoms with E-state index in [0.29, 0.717) is 11.3 Å². The molecule has 0 aliphatic heterocycles. The molecule has 1 aromatic heterocycles. The quantitative estimate of drug-likeness (QED) is 0.918. The van der Waals surface area contributed by atoms with Crippen LogP contribution in [0, 0.1) is 18.8 Å². The summed E-state index contributed by atoms with van der Waals surface area (Å²) < 4.78 is 5.31. The van der Waals surface area contributed by atoms with Crippen LogP contribution in [0.3, 0.4) is 0 Å². The molecule has 0 spiro atoms. The van der Waals surface area contributed by atoms with E-state index >= 15 is 0 Å². The molecular formula is C12H21N3S2. The van der Waals surface area contributed by atoms with Gasteiger partial charge in [-0.15, -0.1) is 0 Å². The first-order chi connectivity index (χ1) is 8.06. The summed E-state index contributed by atoms with van der Waals surface area (Å²) in [7, 11) is 0. The lowest BCUT2D eigenvalue weighted by atomic mass is 9.79. The lowest BCUT2D eigenvalue weighted by Crippen LogP contribution is -2.39. The van der Waals surface area contributed by atoms with E-state index in [9.17, 15) is 0 Å². The van der Waals surface area contributed by atoms with E-state index in [-0.39, 0.29) is 0 Å². The topological polar surface area (TPSA) is 51.8 Å². The highest BCUT2D eigenvalue weighted by molar-refractivity contribution is 8.01. The zero-order chi connectivity index (χ0) is 12.4. The molecule has 1 heterocycles. The van der Waals surface area contributed by atoms with E-state index in [1.807, 2.05) is 18.7 Å². The Morgan fingerprint density at radius 3 is 2.76 bits per heavy atom. The summed E-state index contributed by atoms with van der Waals surface area (Å²) >= 11 is 3.34. The number of hydrogen-bond donors (Lipinski definition) is 1. The molecular weight excluding hydrogens is 250 g/mol. The molecule has 1 saturated carbocycles. The molecule has 17 heavy (non-hydrogen) atoms. The molecule has 2 N–H and O–H groups in total. The molecule has 0 aromatic carbocycles. The maximum Gasteiger partial charge on any atom is 0.170 e. The smallest absolute Gasteiger partial charge is 0.170 e. The lowest BCUT2D eigenvalue weighted by molar-refractivity contribution is 0.266. The zero-order valence-corrected chi connectivity index (χ0v) is 12.4. The monoisotopic (exact) mass is 271 g/mol. The van der Waals surface area contributed by atoms with Gasteiger partial charge in [0.2, 0.25) is 0 Å². The van der Waals surface area contributed by atoms with Gasteiger partial charge in [0.05, 0.1) is 0 Å².